The van der Waals surface area contributed by atoms with Crippen LogP contribution in [-0.2, 0) is 9.47 Å². The molecule has 0 radical (unpaired) electrons. The number of hydrogen-bond donors (Lipinski definition) is 0. The van der Waals surface area contributed by atoms with E-state index in [1.54, 1.807) is 38.5 Å². The second-order valence-corrected chi connectivity index (χ2v) is 5.57. The minimum absolute atomic E-state index is 0.0231. The third-order valence-electron chi connectivity index (χ3n) is 4.03. The molecule has 0 aromatic heterocycles. The Hall–Kier alpha value is -2.01. The molecule has 0 spiro atoms. The molecule has 0 saturated heterocycles. The molecule has 4 heteroatoms. The second kappa shape index (κ2) is 7.51. The molecule has 23 heavy (non-hydrogen) atoms. The molecule has 1 aromatic rings. The van der Waals surface area contributed by atoms with Gasteiger partial charge in [0.25, 0.3) is 0 Å². The van der Waals surface area contributed by atoms with Crippen molar-refractivity contribution in [2.45, 2.75) is 11.8 Å². The lowest BCUT2D eigenvalue weighted by atomic mass is 9.94. The zero-order valence-electron chi connectivity index (χ0n) is 14.0. The Morgan fingerprint density at radius 2 is 1.91 bits per heavy atom. The molecule has 0 bridgehead atoms. The lowest BCUT2D eigenvalue weighted by Gasteiger charge is -2.42. The smallest absolute Gasteiger partial charge is 0.185 e. The van der Waals surface area contributed by atoms with E-state index in [-0.39, 0.29) is 11.9 Å². The van der Waals surface area contributed by atoms with Crippen LogP contribution in [0.5, 0.6) is 0 Å². The van der Waals surface area contributed by atoms with Crippen LogP contribution in [0.15, 0.2) is 66.3 Å². The van der Waals surface area contributed by atoms with Gasteiger partial charge in [0.15, 0.2) is 11.5 Å². The van der Waals surface area contributed by atoms with Gasteiger partial charge in [0.2, 0.25) is 0 Å². The third kappa shape index (κ3) is 3.67. The Bertz CT molecular complexity index is 631. The number of benzene rings is 1. The minimum Gasteiger partial charge on any atom is -0.372 e. The van der Waals surface area contributed by atoms with Crippen LogP contribution in [0.25, 0.3) is 0 Å². The van der Waals surface area contributed by atoms with Crippen molar-refractivity contribution < 1.29 is 14.3 Å². The Labute approximate surface area is 137 Å². The molecular weight excluding hydrogens is 290 g/mol. The number of nitrogens with zero attached hydrogens (tertiary/aromatic N) is 1. The standard InChI is InChI=1S/C19H23NO3/c1-20(2)19(23-4)13-12-15(14-18(19)22-3)10-11-17(21)16-8-6-5-7-9-16/h5-14,18H,1-4H3. The predicted octanol–water partition coefficient (Wildman–Crippen LogP) is 2.84. The Balaban J connectivity index is 2.18. The lowest BCUT2D eigenvalue weighted by Crippen LogP contribution is -2.54. The highest BCUT2D eigenvalue weighted by Crippen LogP contribution is 2.29. The van der Waals surface area contributed by atoms with Crippen molar-refractivity contribution in [2.24, 2.45) is 0 Å². The molecule has 2 rings (SSSR count). The topological polar surface area (TPSA) is 38.8 Å². The molecule has 2 atom stereocenters. The molecule has 0 aliphatic heterocycles. The molecule has 0 N–H and O–H groups in total. The van der Waals surface area contributed by atoms with Gasteiger partial charge in [-0.2, -0.15) is 0 Å². The van der Waals surface area contributed by atoms with Gasteiger partial charge in [-0.3, -0.25) is 9.69 Å². The molecule has 1 aromatic carbocycles. The highest BCUT2D eigenvalue weighted by molar-refractivity contribution is 6.04. The highest BCUT2D eigenvalue weighted by atomic mass is 16.6. The summed E-state index contributed by atoms with van der Waals surface area (Å²) in [5.74, 6) is -0.0231. The fraction of sp³-hybridized carbons (Fsp3) is 0.316. The maximum absolute atomic E-state index is 12.1. The molecule has 1 aliphatic carbocycles. The lowest BCUT2D eigenvalue weighted by molar-refractivity contribution is -0.144. The number of carbonyl (C=O) groups excluding carboxylic acids is 1. The van der Waals surface area contributed by atoms with Crippen molar-refractivity contribution in [3.05, 3.63) is 71.8 Å². The minimum atomic E-state index is -0.643. The number of carbonyl (C=O) groups is 1. The van der Waals surface area contributed by atoms with E-state index < -0.39 is 5.72 Å². The van der Waals surface area contributed by atoms with Crippen LogP contribution in [0.3, 0.4) is 0 Å². The van der Waals surface area contributed by atoms with E-state index >= 15 is 0 Å². The normalized spacial score (nSPS) is 24.2. The molecule has 4 nitrogen and oxygen atoms in total. The maximum atomic E-state index is 12.1. The van der Waals surface area contributed by atoms with Crippen molar-refractivity contribution in [3.63, 3.8) is 0 Å². The van der Waals surface area contributed by atoms with Crippen molar-refractivity contribution in [3.8, 4) is 0 Å². The number of likely N-dealkylation sites (N-methyl/N-ethyl adjacent to an activating group) is 1. The second-order valence-electron chi connectivity index (χ2n) is 5.57. The quantitative estimate of drug-likeness (QED) is 0.460. The largest absolute Gasteiger partial charge is 0.372 e. The van der Waals surface area contributed by atoms with Crippen molar-refractivity contribution >= 4 is 5.78 Å². The van der Waals surface area contributed by atoms with Gasteiger partial charge in [0.1, 0.15) is 6.10 Å². The number of ketones is 1. The fourth-order valence-corrected chi connectivity index (χ4v) is 2.65. The first kappa shape index (κ1) is 17.3. The van der Waals surface area contributed by atoms with Gasteiger partial charge in [-0.15, -0.1) is 0 Å². The highest BCUT2D eigenvalue weighted by Gasteiger charge is 2.40. The first-order valence-corrected chi connectivity index (χ1v) is 7.47. The number of methoxy groups -OCH3 is 2. The summed E-state index contributed by atoms with van der Waals surface area (Å²) in [4.78, 5) is 14.1. The third-order valence-corrected chi connectivity index (χ3v) is 4.03. The van der Waals surface area contributed by atoms with Crippen LogP contribution < -0.4 is 0 Å². The van der Waals surface area contributed by atoms with Gasteiger partial charge >= 0.3 is 0 Å². The summed E-state index contributed by atoms with van der Waals surface area (Å²) in [5, 5.41) is 0. The van der Waals surface area contributed by atoms with Gasteiger partial charge in [-0.05, 0) is 37.9 Å². The van der Waals surface area contributed by atoms with E-state index in [4.69, 9.17) is 9.47 Å². The number of ether oxygens (including phenoxy) is 2. The Kier molecular flexibility index (Phi) is 5.66. The van der Waals surface area contributed by atoms with Gasteiger partial charge in [-0.25, -0.2) is 0 Å². The molecule has 0 saturated carbocycles. The van der Waals surface area contributed by atoms with Gasteiger partial charge in [-0.1, -0.05) is 42.5 Å². The van der Waals surface area contributed by atoms with E-state index in [0.29, 0.717) is 5.56 Å². The maximum Gasteiger partial charge on any atom is 0.185 e. The van der Waals surface area contributed by atoms with Crippen molar-refractivity contribution in [1.29, 1.82) is 0 Å². The van der Waals surface area contributed by atoms with Gasteiger partial charge in [0.05, 0.1) is 0 Å². The summed E-state index contributed by atoms with van der Waals surface area (Å²) >= 11 is 0. The van der Waals surface area contributed by atoms with Gasteiger partial charge < -0.3 is 9.47 Å². The Morgan fingerprint density at radius 1 is 1.22 bits per heavy atom. The summed E-state index contributed by atoms with van der Waals surface area (Å²) in [7, 11) is 7.18. The molecule has 2 unspecified atom stereocenters. The summed E-state index contributed by atoms with van der Waals surface area (Å²) in [5.41, 5.74) is 0.942. The summed E-state index contributed by atoms with van der Waals surface area (Å²) in [6, 6.07) is 9.20. The molecule has 122 valence electrons. The zero-order chi connectivity index (χ0) is 16.9. The first-order valence-electron chi connectivity index (χ1n) is 7.47. The van der Waals surface area contributed by atoms with E-state index in [1.165, 1.54) is 0 Å². The van der Waals surface area contributed by atoms with Crippen LogP contribution in [0.2, 0.25) is 0 Å². The van der Waals surface area contributed by atoms with Crippen LogP contribution in [0.1, 0.15) is 10.4 Å². The van der Waals surface area contributed by atoms with Crippen molar-refractivity contribution in [1.82, 2.24) is 4.90 Å². The monoisotopic (exact) mass is 313 g/mol. The number of rotatable bonds is 6. The van der Waals surface area contributed by atoms with E-state index in [0.717, 1.165) is 5.57 Å². The molecular formula is C19H23NO3. The average molecular weight is 313 g/mol. The zero-order valence-corrected chi connectivity index (χ0v) is 14.0. The fourth-order valence-electron chi connectivity index (χ4n) is 2.65. The molecule has 0 amide bonds. The molecule has 1 aliphatic rings. The van der Waals surface area contributed by atoms with Crippen LogP contribution in [-0.4, -0.2) is 50.8 Å². The average Bonchev–Trinajstić information content (AvgIpc) is 2.59. The van der Waals surface area contributed by atoms with Gasteiger partial charge in [0, 0.05) is 19.8 Å². The first-order chi connectivity index (χ1) is 11.0. The SMILES string of the molecule is COC1C=C(C=CC(=O)c2ccccc2)C=CC1(OC)N(C)C. The van der Waals surface area contributed by atoms with Crippen LogP contribution >= 0.6 is 0 Å². The van der Waals surface area contributed by atoms with Crippen LogP contribution in [0.4, 0.5) is 0 Å². The predicted molar refractivity (Wildman–Crippen MR) is 91.4 cm³/mol. The summed E-state index contributed by atoms with van der Waals surface area (Å²) < 4.78 is 11.2. The number of allylic oxidation sites excluding steroid dienone is 4. The van der Waals surface area contributed by atoms with E-state index in [1.807, 2.05) is 55.4 Å². The summed E-state index contributed by atoms with van der Waals surface area (Å²) in [6.07, 6.45) is 8.96. The van der Waals surface area contributed by atoms with E-state index in [2.05, 4.69) is 0 Å². The van der Waals surface area contributed by atoms with E-state index in [9.17, 15) is 4.79 Å². The molecule has 0 heterocycles. The van der Waals surface area contributed by atoms with Crippen LogP contribution in [0, 0.1) is 0 Å². The summed E-state index contributed by atoms with van der Waals surface area (Å²) in [6.45, 7) is 0. The van der Waals surface area contributed by atoms with Crippen molar-refractivity contribution in [2.75, 3.05) is 28.3 Å². The molecule has 0 fully saturated rings. The number of hydrogen-bond acceptors (Lipinski definition) is 4. The Morgan fingerprint density at radius 3 is 2.48 bits per heavy atom.